The van der Waals surface area contributed by atoms with E-state index in [9.17, 15) is 14.7 Å². The van der Waals surface area contributed by atoms with Crippen LogP contribution < -0.4 is 4.90 Å². The van der Waals surface area contributed by atoms with Gasteiger partial charge in [0.1, 0.15) is 0 Å². The molecule has 1 aromatic rings. The number of carbonyl (C=O) groups excluding carboxylic acids is 2. The molecule has 2 atom stereocenters. The molecule has 0 aliphatic carbocycles. The number of aliphatic hydroxyl groups is 1. The smallest absolute Gasteiger partial charge is 0.251 e. The van der Waals surface area contributed by atoms with E-state index in [0.29, 0.717) is 18.0 Å². The SMILES string of the molecule is CC(C)c1ccc(N2C(=O)C[C@H](N3CCCC[C@@H]3CCO)C2=O)cc1. The van der Waals surface area contributed by atoms with E-state index in [4.69, 9.17) is 0 Å². The number of hydrogen-bond donors (Lipinski definition) is 1. The third-order valence-corrected chi connectivity index (χ3v) is 5.48. The number of amides is 2. The summed E-state index contributed by atoms with van der Waals surface area (Å²) >= 11 is 0. The molecule has 2 aliphatic heterocycles. The van der Waals surface area contributed by atoms with Crippen LogP contribution in [0.15, 0.2) is 24.3 Å². The number of rotatable bonds is 5. The first-order valence-electron chi connectivity index (χ1n) is 9.36. The summed E-state index contributed by atoms with van der Waals surface area (Å²) in [6, 6.07) is 7.54. The van der Waals surface area contributed by atoms with Crippen molar-refractivity contribution in [1.29, 1.82) is 0 Å². The number of nitrogens with zero attached hydrogens (tertiary/aromatic N) is 2. The fourth-order valence-corrected chi connectivity index (χ4v) is 4.05. The van der Waals surface area contributed by atoms with Crippen LogP contribution in [0.5, 0.6) is 0 Å². The second kappa shape index (κ2) is 7.67. The van der Waals surface area contributed by atoms with E-state index in [1.807, 2.05) is 24.3 Å². The zero-order valence-electron chi connectivity index (χ0n) is 15.1. The fourth-order valence-electron chi connectivity index (χ4n) is 4.05. The lowest BCUT2D eigenvalue weighted by Gasteiger charge is -2.38. The molecular formula is C20H28N2O3. The molecule has 2 amide bonds. The lowest BCUT2D eigenvalue weighted by Crippen LogP contribution is -2.50. The number of benzene rings is 1. The first-order chi connectivity index (χ1) is 12.0. The predicted octanol–water partition coefficient (Wildman–Crippen LogP) is 2.68. The molecule has 2 heterocycles. The highest BCUT2D eigenvalue weighted by Gasteiger charge is 2.44. The van der Waals surface area contributed by atoms with Crippen LogP contribution >= 0.6 is 0 Å². The number of aliphatic hydroxyl groups excluding tert-OH is 1. The molecule has 5 nitrogen and oxygen atoms in total. The highest BCUT2D eigenvalue weighted by atomic mass is 16.3. The molecule has 136 valence electrons. The molecule has 0 bridgehead atoms. The van der Waals surface area contributed by atoms with E-state index < -0.39 is 0 Å². The topological polar surface area (TPSA) is 60.9 Å². The Kier molecular flexibility index (Phi) is 5.54. The molecule has 0 saturated carbocycles. The lowest BCUT2D eigenvalue weighted by atomic mass is 9.97. The van der Waals surface area contributed by atoms with Gasteiger partial charge in [-0.2, -0.15) is 0 Å². The van der Waals surface area contributed by atoms with Gasteiger partial charge in [-0.1, -0.05) is 32.4 Å². The molecular weight excluding hydrogens is 316 g/mol. The van der Waals surface area contributed by atoms with Crippen molar-refractivity contribution in [3.63, 3.8) is 0 Å². The third-order valence-electron chi connectivity index (χ3n) is 5.48. The van der Waals surface area contributed by atoms with Gasteiger partial charge < -0.3 is 5.11 Å². The summed E-state index contributed by atoms with van der Waals surface area (Å²) in [6.45, 7) is 5.19. The van der Waals surface area contributed by atoms with E-state index in [2.05, 4.69) is 18.7 Å². The van der Waals surface area contributed by atoms with Crippen LogP contribution in [-0.4, -0.2) is 47.1 Å². The van der Waals surface area contributed by atoms with Gasteiger partial charge in [0.15, 0.2) is 0 Å². The Balaban J connectivity index is 1.79. The Morgan fingerprint density at radius 3 is 2.52 bits per heavy atom. The van der Waals surface area contributed by atoms with Gasteiger partial charge in [-0.15, -0.1) is 0 Å². The van der Waals surface area contributed by atoms with Crippen LogP contribution in [0.2, 0.25) is 0 Å². The summed E-state index contributed by atoms with van der Waals surface area (Å²) in [5.41, 5.74) is 1.86. The van der Waals surface area contributed by atoms with Crippen molar-refractivity contribution in [2.24, 2.45) is 0 Å². The molecule has 5 heteroatoms. The maximum Gasteiger partial charge on any atom is 0.251 e. The Labute approximate surface area is 149 Å². The first kappa shape index (κ1) is 18.1. The molecule has 2 fully saturated rings. The minimum absolute atomic E-state index is 0.118. The summed E-state index contributed by atoms with van der Waals surface area (Å²) in [4.78, 5) is 29.0. The molecule has 3 rings (SSSR count). The van der Waals surface area contributed by atoms with Crippen molar-refractivity contribution < 1.29 is 14.7 Å². The number of hydrogen-bond acceptors (Lipinski definition) is 4. The van der Waals surface area contributed by atoms with E-state index in [-0.39, 0.29) is 36.9 Å². The summed E-state index contributed by atoms with van der Waals surface area (Å²) < 4.78 is 0. The van der Waals surface area contributed by atoms with Gasteiger partial charge in [0.05, 0.1) is 18.2 Å². The van der Waals surface area contributed by atoms with Crippen LogP contribution in [0.1, 0.15) is 57.4 Å². The monoisotopic (exact) mass is 344 g/mol. The van der Waals surface area contributed by atoms with Crippen LogP contribution in [-0.2, 0) is 9.59 Å². The summed E-state index contributed by atoms with van der Waals surface area (Å²) in [5.74, 6) is 0.173. The average Bonchev–Trinajstić information content (AvgIpc) is 2.90. The number of likely N-dealkylation sites (tertiary alicyclic amines) is 1. The van der Waals surface area contributed by atoms with Crippen LogP contribution in [0, 0.1) is 0 Å². The van der Waals surface area contributed by atoms with E-state index in [1.165, 1.54) is 10.5 Å². The van der Waals surface area contributed by atoms with Gasteiger partial charge in [0.25, 0.3) is 5.91 Å². The quantitative estimate of drug-likeness (QED) is 0.834. The molecule has 25 heavy (non-hydrogen) atoms. The van der Waals surface area contributed by atoms with Crippen molar-refractivity contribution in [1.82, 2.24) is 4.90 Å². The van der Waals surface area contributed by atoms with Crippen molar-refractivity contribution in [2.75, 3.05) is 18.1 Å². The Morgan fingerprint density at radius 1 is 1.16 bits per heavy atom. The number of carbonyl (C=O) groups is 2. The van der Waals surface area contributed by atoms with Gasteiger partial charge in [0, 0.05) is 12.6 Å². The third kappa shape index (κ3) is 3.62. The maximum absolute atomic E-state index is 13.0. The molecule has 1 aromatic carbocycles. The molecule has 2 saturated heterocycles. The molecule has 0 spiro atoms. The van der Waals surface area contributed by atoms with Crippen LogP contribution in [0.3, 0.4) is 0 Å². The Morgan fingerprint density at radius 2 is 1.88 bits per heavy atom. The number of piperidine rings is 1. The Hall–Kier alpha value is -1.72. The molecule has 0 radical (unpaired) electrons. The summed E-state index contributed by atoms with van der Waals surface area (Å²) in [5, 5.41) is 9.31. The molecule has 2 aliphatic rings. The zero-order valence-corrected chi connectivity index (χ0v) is 15.1. The van der Waals surface area contributed by atoms with Gasteiger partial charge in [-0.05, 0) is 49.4 Å². The first-order valence-corrected chi connectivity index (χ1v) is 9.36. The summed E-state index contributed by atoms with van der Waals surface area (Å²) in [6.07, 6.45) is 4.06. The second-order valence-corrected chi connectivity index (χ2v) is 7.43. The van der Waals surface area contributed by atoms with E-state index in [1.54, 1.807) is 0 Å². The van der Waals surface area contributed by atoms with Gasteiger partial charge in [0.2, 0.25) is 5.91 Å². The highest BCUT2D eigenvalue weighted by Crippen LogP contribution is 2.31. The average molecular weight is 344 g/mol. The number of anilines is 1. The zero-order chi connectivity index (χ0) is 18.0. The minimum Gasteiger partial charge on any atom is -0.396 e. The minimum atomic E-state index is -0.380. The van der Waals surface area contributed by atoms with Gasteiger partial charge in [-0.3, -0.25) is 14.5 Å². The van der Waals surface area contributed by atoms with E-state index in [0.717, 1.165) is 25.8 Å². The number of imide groups is 1. The molecule has 1 N–H and O–H groups in total. The van der Waals surface area contributed by atoms with E-state index >= 15 is 0 Å². The molecule has 0 unspecified atom stereocenters. The Bertz CT molecular complexity index is 624. The summed E-state index contributed by atoms with van der Waals surface area (Å²) in [7, 11) is 0. The maximum atomic E-state index is 13.0. The highest BCUT2D eigenvalue weighted by molar-refractivity contribution is 6.22. The second-order valence-electron chi connectivity index (χ2n) is 7.43. The lowest BCUT2D eigenvalue weighted by molar-refractivity contribution is -0.123. The van der Waals surface area contributed by atoms with Crippen molar-refractivity contribution in [3.05, 3.63) is 29.8 Å². The van der Waals surface area contributed by atoms with Crippen molar-refractivity contribution >= 4 is 17.5 Å². The van der Waals surface area contributed by atoms with Gasteiger partial charge in [-0.25, -0.2) is 4.90 Å². The normalized spacial score (nSPS) is 25.2. The van der Waals surface area contributed by atoms with Crippen LogP contribution in [0.25, 0.3) is 0 Å². The van der Waals surface area contributed by atoms with Crippen molar-refractivity contribution in [2.45, 2.75) is 64.0 Å². The largest absolute Gasteiger partial charge is 0.396 e. The predicted molar refractivity (Wildman–Crippen MR) is 97.5 cm³/mol. The molecule has 0 aromatic heterocycles. The van der Waals surface area contributed by atoms with Crippen LogP contribution in [0.4, 0.5) is 5.69 Å². The van der Waals surface area contributed by atoms with Gasteiger partial charge >= 0.3 is 0 Å². The standard InChI is InChI=1S/C20H28N2O3/c1-14(2)15-6-8-17(9-7-15)22-19(24)13-18(20(22)25)21-11-4-3-5-16(21)10-12-23/h6-9,14,16,18,23H,3-5,10-13H2,1-2H3/t16-,18+/m1/s1. The van der Waals surface area contributed by atoms with Crippen molar-refractivity contribution in [3.8, 4) is 0 Å². The fraction of sp³-hybridized carbons (Fsp3) is 0.600.